The van der Waals surface area contributed by atoms with Gasteiger partial charge in [0.05, 0.1) is 0 Å². The lowest BCUT2D eigenvalue weighted by molar-refractivity contribution is 0.139. The van der Waals surface area contributed by atoms with Gasteiger partial charge in [0, 0.05) is 32.7 Å². The van der Waals surface area contributed by atoms with Gasteiger partial charge < -0.3 is 15.5 Å². The molecule has 124 valence electrons. The Kier molecular flexibility index (Phi) is 9.48. The number of likely N-dealkylation sites (tertiary alicyclic amines) is 1. The van der Waals surface area contributed by atoms with Crippen molar-refractivity contribution in [1.82, 2.24) is 15.5 Å². The van der Waals surface area contributed by atoms with E-state index in [4.69, 9.17) is 0 Å². The number of guanidine groups is 1. The Balaban J connectivity index is 2.12. The van der Waals surface area contributed by atoms with Crippen LogP contribution in [0.25, 0.3) is 0 Å². The monoisotopic (exact) mass is 296 g/mol. The Morgan fingerprint density at radius 2 is 1.81 bits per heavy atom. The molecule has 0 aromatic carbocycles. The number of unbranched alkanes of at least 4 members (excludes halogenated alkanes) is 1. The largest absolute Gasteiger partial charge is 0.357 e. The van der Waals surface area contributed by atoms with E-state index >= 15 is 0 Å². The predicted molar refractivity (Wildman–Crippen MR) is 92.9 cm³/mol. The molecule has 4 heteroatoms. The maximum Gasteiger partial charge on any atom is 0.191 e. The van der Waals surface area contributed by atoms with Crippen LogP contribution >= 0.6 is 0 Å². The Bertz CT molecular complexity index is 281. The standard InChI is InChI=1S/C17H36N4/c1-5-9-19-17(18-6-2)20-10-7-8-11-21-13-15(3)12-16(4)14-21/h15-16H,5-14H2,1-4H3,(H2,18,19,20). The van der Waals surface area contributed by atoms with Crippen LogP contribution in [0.3, 0.4) is 0 Å². The number of nitrogens with one attached hydrogen (secondary N) is 2. The minimum absolute atomic E-state index is 0.869. The van der Waals surface area contributed by atoms with E-state index in [-0.39, 0.29) is 0 Å². The number of nitrogens with zero attached hydrogens (tertiary/aromatic N) is 2. The fourth-order valence-electron chi connectivity index (χ4n) is 3.21. The average molecular weight is 297 g/mol. The molecule has 1 fully saturated rings. The summed E-state index contributed by atoms with van der Waals surface area (Å²) >= 11 is 0. The molecule has 1 aliphatic rings. The number of hydrogen-bond donors (Lipinski definition) is 2. The smallest absolute Gasteiger partial charge is 0.191 e. The Morgan fingerprint density at radius 1 is 1.10 bits per heavy atom. The van der Waals surface area contributed by atoms with E-state index in [1.54, 1.807) is 0 Å². The highest BCUT2D eigenvalue weighted by Crippen LogP contribution is 2.20. The van der Waals surface area contributed by atoms with Crippen LogP contribution < -0.4 is 10.6 Å². The van der Waals surface area contributed by atoms with Gasteiger partial charge in [0.1, 0.15) is 0 Å². The topological polar surface area (TPSA) is 39.7 Å². The Morgan fingerprint density at radius 3 is 2.43 bits per heavy atom. The van der Waals surface area contributed by atoms with Gasteiger partial charge in [-0.15, -0.1) is 0 Å². The normalized spacial score (nSPS) is 24.1. The molecule has 0 amide bonds. The summed E-state index contributed by atoms with van der Waals surface area (Å²) in [5.74, 6) is 2.71. The summed E-state index contributed by atoms with van der Waals surface area (Å²) in [5, 5.41) is 6.73. The summed E-state index contributed by atoms with van der Waals surface area (Å²) in [7, 11) is 0. The number of rotatable bonds is 8. The van der Waals surface area contributed by atoms with Gasteiger partial charge in [-0.25, -0.2) is 0 Å². The van der Waals surface area contributed by atoms with Gasteiger partial charge in [-0.1, -0.05) is 20.8 Å². The highest BCUT2D eigenvalue weighted by molar-refractivity contribution is 5.79. The maximum atomic E-state index is 4.52. The molecule has 2 unspecified atom stereocenters. The third-order valence-electron chi connectivity index (χ3n) is 3.98. The average Bonchev–Trinajstić information content (AvgIpc) is 2.43. The van der Waals surface area contributed by atoms with Crippen molar-refractivity contribution in [2.45, 2.75) is 53.4 Å². The Labute approximate surface area is 131 Å². The number of hydrogen-bond acceptors (Lipinski definition) is 2. The molecule has 2 atom stereocenters. The van der Waals surface area contributed by atoms with E-state index in [2.05, 4.69) is 48.2 Å². The molecule has 1 rings (SSSR count). The fraction of sp³-hybridized carbons (Fsp3) is 0.941. The van der Waals surface area contributed by atoms with E-state index in [0.717, 1.165) is 43.9 Å². The highest BCUT2D eigenvalue weighted by Gasteiger charge is 2.20. The molecule has 0 radical (unpaired) electrons. The zero-order chi connectivity index (χ0) is 15.5. The first kappa shape index (κ1) is 18.3. The van der Waals surface area contributed by atoms with Crippen LogP contribution in [0.15, 0.2) is 4.99 Å². The van der Waals surface area contributed by atoms with Gasteiger partial charge in [0.25, 0.3) is 0 Å². The van der Waals surface area contributed by atoms with Crippen molar-refractivity contribution in [3.05, 3.63) is 0 Å². The van der Waals surface area contributed by atoms with Gasteiger partial charge in [-0.3, -0.25) is 4.99 Å². The summed E-state index contributed by atoms with van der Waals surface area (Å²) < 4.78 is 0. The zero-order valence-corrected chi connectivity index (χ0v) is 14.6. The lowest BCUT2D eigenvalue weighted by Gasteiger charge is -2.34. The third-order valence-corrected chi connectivity index (χ3v) is 3.98. The van der Waals surface area contributed by atoms with E-state index in [9.17, 15) is 0 Å². The van der Waals surface area contributed by atoms with Crippen molar-refractivity contribution >= 4 is 5.96 Å². The van der Waals surface area contributed by atoms with Crippen LogP contribution in [0.2, 0.25) is 0 Å². The summed E-state index contributed by atoms with van der Waals surface area (Å²) in [6, 6.07) is 0. The molecule has 21 heavy (non-hydrogen) atoms. The van der Waals surface area contributed by atoms with Crippen molar-refractivity contribution in [2.24, 2.45) is 16.8 Å². The molecule has 0 bridgehead atoms. The fourth-order valence-corrected chi connectivity index (χ4v) is 3.21. The second kappa shape index (κ2) is 10.9. The van der Waals surface area contributed by atoms with E-state index < -0.39 is 0 Å². The van der Waals surface area contributed by atoms with Crippen LogP contribution in [-0.4, -0.2) is 50.1 Å². The van der Waals surface area contributed by atoms with Crippen molar-refractivity contribution < 1.29 is 0 Å². The Hall–Kier alpha value is -0.770. The summed E-state index contributed by atoms with van der Waals surface area (Å²) in [4.78, 5) is 7.17. The van der Waals surface area contributed by atoms with E-state index in [0.29, 0.717) is 0 Å². The molecular formula is C17H36N4. The van der Waals surface area contributed by atoms with Gasteiger partial charge >= 0.3 is 0 Å². The molecule has 0 saturated carbocycles. The van der Waals surface area contributed by atoms with Crippen molar-refractivity contribution in [2.75, 3.05) is 39.3 Å². The van der Waals surface area contributed by atoms with Gasteiger partial charge in [-0.05, 0) is 51.0 Å². The van der Waals surface area contributed by atoms with Gasteiger partial charge in [-0.2, -0.15) is 0 Å². The van der Waals surface area contributed by atoms with Gasteiger partial charge in [0.2, 0.25) is 0 Å². The summed E-state index contributed by atoms with van der Waals surface area (Å²) in [5.41, 5.74) is 0. The third kappa shape index (κ3) is 8.30. The number of aliphatic imine (C=N–C) groups is 1. The van der Waals surface area contributed by atoms with Crippen LogP contribution in [0, 0.1) is 11.8 Å². The van der Waals surface area contributed by atoms with Gasteiger partial charge in [0.15, 0.2) is 5.96 Å². The first-order valence-electron chi connectivity index (χ1n) is 8.90. The lowest BCUT2D eigenvalue weighted by atomic mass is 9.92. The molecule has 1 heterocycles. The van der Waals surface area contributed by atoms with Crippen molar-refractivity contribution in [1.29, 1.82) is 0 Å². The molecule has 4 nitrogen and oxygen atoms in total. The molecule has 0 aliphatic carbocycles. The van der Waals surface area contributed by atoms with Crippen LogP contribution in [0.4, 0.5) is 0 Å². The first-order valence-corrected chi connectivity index (χ1v) is 8.90. The second-order valence-corrected chi connectivity index (χ2v) is 6.60. The minimum atomic E-state index is 0.869. The van der Waals surface area contributed by atoms with E-state index in [1.165, 1.54) is 38.9 Å². The van der Waals surface area contributed by atoms with Crippen molar-refractivity contribution in [3.63, 3.8) is 0 Å². The molecule has 0 aromatic rings. The molecule has 2 N–H and O–H groups in total. The minimum Gasteiger partial charge on any atom is -0.357 e. The first-order chi connectivity index (χ1) is 10.2. The molecule has 0 aromatic heterocycles. The summed E-state index contributed by atoms with van der Waals surface area (Å²) in [6.07, 6.45) is 5.00. The predicted octanol–water partition coefficient (Wildman–Crippen LogP) is 2.71. The van der Waals surface area contributed by atoms with Crippen molar-refractivity contribution in [3.8, 4) is 0 Å². The second-order valence-electron chi connectivity index (χ2n) is 6.60. The molecule has 0 spiro atoms. The number of piperidine rings is 1. The maximum absolute atomic E-state index is 4.52. The highest BCUT2D eigenvalue weighted by atomic mass is 15.2. The molecule has 1 saturated heterocycles. The molecular weight excluding hydrogens is 260 g/mol. The van der Waals surface area contributed by atoms with Crippen LogP contribution in [-0.2, 0) is 0 Å². The zero-order valence-electron chi connectivity index (χ0n) is 14.6. The van der Waals surface area contributed by atoms with E-state index in [1.807, 2.05) is 0 Å². The lowest BCUT2D eigenvalue weighted by Crippen LogP contribution is -2.40. The quantitative estimate of drug-likeness (QED) is 0.411. The molecule has 1 aliphatic heterocycles. The SMILES string of the molecule is CCCN=C(NCC)NCCCCN1CC(C)CC(C)C1. The van der Waals surface area contributed by atoms with Crippen LogP contribution in [0.1, 0.15) is 53.4 Å². The summed E-state index contributed by atoms with van der Waals surface area (Å²) in [6.45, 7) is 15.7. The van der Waals surface area contributed by atoms with Crippen LogP contribution in [0.5, 0.6) is 0 Å².